The van der Waals surface area contributed by atoms with Crippen LogP contribution in [0.25, 0.3) is 5.52 Å². The van der Waals surface area contributed by atoms with Gasteiger partial charge in [-0.05, 0) is 30.9 Å². The normalized spacial score (nSPS) is 11.5. The Morgan fingerprint density at radius 2 is 2.00 bits per heavy atom. The monoisotopic (exact) mass is 189 g/mol. The second kappa shape index (κ2) is 3.08. The zero-order valence-electron chi connectivity index (χ0n) is 9.07. The van der Waals surface area contributed by atoms with Gasteiger partial charge < -0.3 is 0 Å². The van der Waals surface area contributed by atoms with E-state index in [1.54, 1.807) is 6.33 Å². The van der Waals surface area contributed by atoms with Gasteiger partial charge in [0, 0.05) is 6.20 Å². The summed E-state index contributed by atoms with van der Waals surface area (Å²) in [6.45, 7) is 8.56. The van der Waals surface area contributed by atoms with Crippen LogP contribution in [0.2, 0.25) is 0 Å². The first-order chi connectivity index (χ1) is 6.61. The van der Waals surface area contributed by atoms with E-state index in [1.807, 2.05) is 11.4 Å². The lowest BCUT2D eigenvalue weighted by Gasteiger charge is -2.02. The summed E-state index contributed by atoms with van der Waals surface area (Å²) in [7, 11) is 0. The molecule has 0 atom stereocenters. The standard InChI is InChI=1S/C11H15N3/c1-7(2)10-5-14-11(8(10)3)9(4)12-6-13-14/h5-7H,1-4H3. The van der Waals surface area contributed by atoms with Crippen LogP contribution in [0.4, 0.5) is 0 Å². The second-order valence-corrected chi connectivity index (χ2v) is 4.00. The molecule has 0 aliphatic rings. The van der Waals surface area contributed by atoms with Crippen LogP contribution in [0.1, 0.15) is 36.6 Å². The molecule has 2 heterocycles. The number of aromatic nitrogens is 3. The quantitative estimate of drug-likeness (QED) is 0.689. The van der Waals surface area contributed by atoms with Crippen molar-refractivity contribution in [1.29, 1.82) is 0 Å². The van der Waals surface area contributed by atoms with Crippen LogP contribution in [0, 0.1) is 13.8 Å². The van der Waals surface area contributed by atoms with Crippen molar-refractivity contribution in [3.05, 3.63) is 29.3 Å². The van der Waals surface area contributed by atoms with Crippen LogP contribution in [-0.2, 0) is 0 Å². The van der Waals surface area contributed by atoms with Gasteiger partial charge in [-0.3, -0.25) is 0 Å². The van der Waals surface area contributed by atoms with Crippen LogP contribution >= 0.6 is 0 Å². The zero-order chi connectivity index (χ0) is 10.3. The summed E-state index contributed by atoms with van der Waals surface area (Å²) in [6.07, 6.45) is 3.70. The van der Waals surface area contributed by atoms with E-state index in [0.717, 1.165) is 11.2 Å². The number of fused-ring (bicyclic) bond motifs is 1. The van der Waals surface area contributed by atoms with Gasteiger partial charge in [-0.1, -0.05) is 13.8 Å². The van der Waals surface area contributed by atoms with Crippen LogP contribution in [0.5, 0.6) is 0 Å². The fourth-order valence-electron chi connectivity index (χ4n) is 1.94. The summed E-state index contributed by atoms with van der Waals surface area (Å²) in [6, 6.07) is 0. The Balaban J connectivity index is 2.81. The second-order valence-electron chi connectivity index (χ2n) is 4.00. The van der Waals surface area contributed by atoms with E-state index in [9.17, 15) is 0 Å². The average Bonchev–Trinajstić information content (AvgIpc) is 2.45. The third kappa shape index (κ3) is 1.20. The molecule has 2 aromatic rings. The molecule has 0 radical (unpaired) electrons. The Bertz CT molecular complexity index is 469. The molecule has 0 amide bonds. The minimum atomic E-state index is 0.538. The van der Waals surface area contributed by atoms with Crippen molar-refractivity contribution in [1.82, 2.24) is 14.6 Å². The molecule has 0 fully saturated rings. The van der Waals surface area contributed by atoms with Crippen LogP contribution in [-0.4, -0.2) is 14.6 Å². The predicted octanol–water partition coefficient (Wildman–Crippen LogP) is 2.47. The van der Waals surface area contributed by atoms with Crippen molar-refractivity contribution in [3.8, 4) is 0 Å². The molecule has 2 aromatic heterocycles. The summed E-state index contributed by atoms with van der Waals surface area (Å²) in [5.41, 5.74) is 4.85. The fraction of sp³-hybridized carbons (Fsp3) is 0.455. The van der Waals surface area contributed by atoms with Crippen molar-refractivity contribution in [3.63, 3.8) is 0 Å². The summed E-state index contributed by atoms with van der Waals surface area (Å²) in [5.74, 6) is 0.538. The van der Waals surface area contributed by atoms with Gasteiger partial charge in [0.2, 0.25) is 0 Å². The Labute approximate surface area is 83.8 Å². The minimum absolute atomic E-state index is 0.538. The van der Waals surface area contributed by atoms with Crippen molar-refractivity contribution >= 4 is 5.52 Å². The highest BCUT2D eigenvalue weighted by Gasteiger charge is 2.11. The summed E-state index contributed by atoms with van der Waals surface area (Å²) < 4.78 is 1.92. The fourth-order valence-corrected chi connectivity index (χ4v) is 1.94. The Hall–Kier alpha value is -1.38. The highest BCUT2D eigenvalue weighted by Crippen LogP contribution is 2.24. The number of hydrogen-bond acceptors (Lipinski definition) is 2. The molecule has 14 heavy (non-hydrogen) atoms. The first-order valence-corrected chi connectivity index (χ1v) is 4.90. The molecule has 0 unspecified atom stereocenters. The van der Waals surface area contributed by atoms with Crippen LogP contribution < -0.4 is 0 Å². The first-order valence-electron chi connectivity index (χ1n) is 4.90. The van der Waals surface area contributed by atoms with E-state index in [0.29, 0.717) is 5.92 Å². The van der Waals surface area contributed by atoms with Gasteiger partial charge in [-0.15, -0.1) is 0 Å². The van der Waals surface area contributed by atoms with Gasteiger partial charge in [-0.25, -0.2) is 9.50 Å². The molecular weight excluding hydrogens is 174 g/mol. The maximum atomic E-state index is 4.21. The Morgan fingerprint density at radius 1 is 1.29 bits per heavy atom. The van der Waals surface area contributed by atoms with E-state index < -0.39 is 0 Å². The summed E-state index contributed by atoms with van der Waals surface area (Å²) >= 11 is 0. The van der Waals surface area contributed by atoms with Crippen LogP contribution in [0.15, 0.2) is 12.5 Å². The van der Waals surface area contributed by atoms with Crippen molar-refractivity contribution < 1.29 is 0 Å². The van der Waals surface area contributed by atoms with Gasteiger partial charge in [0.15, 0.2) is 0 Å². The molecule has 0 N–H and O–H groups in total. The lowest BCUT2D eigenvalue weighted by atomic mass is 10.0. The molecule has 0 aromatic carbocycles. The molecule has 0 saturated carbocycles. The third-order valence-corrected chi connectivity index (χ3v) is 2.67. The topological polar surface area (TPSA) is 30.2 Å². The molecular formula is C11H15N3. The largest absolute Gasteiger partial charge is 0.238 e. The lowest BCUT2D eigenvalue weighted by Crippen LogP contribution is -1.94. The molecule has 2 rings (SSSR count). The minimum Gasteiger partial charge on any atom is -0.238 e. The van der Waals surface area contributed by atoms with Crippen molar-refractivity contribution in [2.75, 3.05) is 0 Å². The van der Waals surface area contributed by atoms with E-state index in [-0.39, 0.29) is 0 Å². The highest BCUT2D eigenvalue weighted by molar-refractivity contribution is 5.61. The van der Waals surface area contributed by atoms with Gasteiger partial charge in [0.1, 0.15) is 6.33 Å². The number of nitrogens with zero attached hydrogens (tertiary/aromatic N) is 3. The number of rotatable bonds is 1. The van der Waals surface area contributed by atoms with E-state index in [4.69, 9.17) is 0 Å². The molecule has 0 aliphatic carbocycles. The lowest BCUT2D eigenvalue weighted by molar-refractivity contribution is 0.841. The molecule has 3 nitrogen and oxygen atoms in total. The summed E-state index contributed by atoms with van der Waals surface area (Å²) in [5, 5.41) is 4.21. The number of hydrogen-bond donors (Lipinski definition) is 0. The van der Waals surface area contributed by atoms with Gasteiger partial charge in [0.25, 0.3) is 0 Å². The van der Waals surface area contributed by atoms with Crippen molar-refractivity contribution in [2.45, 2.75) is 33.6 Å². The Kier molecular flexibility index (Phi) is 2.02. The van der Waals surface area contributed by atoms with Gasteiger partial charge >= 0.3 is 0 Å². The molecule has 0 bridgehead atoms. The molecule has 3 heteroatoms. The summed E-state index contributed by atoms with van der Waals surface area (Å²) in [4.78, 5) is 4.21. The first kappa shape index (κ1) is 9.19. The maximum absolute atomic E-state index is 4.21. The highest BCUT2D eigenvalue weighted by atomic mass is 15.2. The SMILES string of the molecule is Cc1ncnn2cc(C(C)C)c(C)c12. The Morgan fingerprint density at radius 3 is 2.57 bits per heavy atom. The van der Waals surface area contributed by atoms with Crippen molar-refractivity contribution in [2.24, 2.45) is 0 Å². The molecule has 74 valence electrons. The third-order valence-electron chi connectivity index (χ3n) is 2.67. The average molecular weight is 189 g/mol. The number of aryl methyl sites for hydroxylation is 2. The van der Waals surface area contributed by atoms with Crippen LogP contribution in [0.3, 0.4) is 0 Å². The zero-order valence-corrected chi connectivity index (χ0v) is 9.07. The van der Waals surface area contributed by atoms with Gasteiger partial charge in [0.05, 0.1) is 11.2 Å². The van der Waals surface area contributed by atoms with E-state index in [2.05, 4.69) is 37.1 Å². The van der Waals surface area contributed by atoms with Gasteiger partial charge in [-0.2, -0.15) is 5.10 Å². The van der Waals surface area contributed by atoms with E-state index in [1.165, 1.54) is 11.1 Å². The predicted molar refractivity (Wildman–Crippen MR) is 56.6 cm³/mol. The maximum Gasteiger partial charge on any atom is 0.136 e. The smallest absolute Gasteiger partial charge is 0.136 e. The molecule has 0 aliphatic heterocycles. The van der Waals surface area contributed by atoms with E-state index >= 15 is 0 Å². The molecule has 0 saturated heterocycles. The molecule has 0 spiro atoms.